The molecule has 0 aliphatic carbocycles. The first-order valence-electron chi connectivity index (χ1n) is 9.81. The predicted molar refractivity (Wildman–Crippen MR) is 116 cm³/mol. The zero-order valence-corrected chi connectivity index (χ0v) is 18.2. The third kappa shape index (κ3) is 4.60. The topological polar surface area (TPSA) is 75.5 Å². The summed E-state index contributed by atoms with van der Waals surface area (Å²) in [4.78, 5) is 14.6. The van der Waals surface area contributed by atoms with Gasteiger partial charge in [0, 0.05) is 44.0 Å². The van der Waals surface area contributed by atoms with Crippen molar-refractivity contribution < 1.29 is 13.2 Å². The molecule has 0 aliphatic heterocycles. The zero-order chi connectivity index (χ0) is 21.7. The standard InChI is InChI=1S/C22H26N4O3S/c1-4-25(5-2)30(28,29)21-13-9-10-19(14-21)22(27)24(3)16-18-15-23-26(17-18)20-11-7-6-8-12-20/h6-15,17H,4-5,16H2,1-3H3. The number of benzene rings is 2. The van der Waals surface area contributed by atoms with Crippen molar-refractivity contribution >= 4 is 15.9 Å². The van der Waals surface area contributed by atoms with Crippen LogP contribution in [-0.4, -0.2) is 53.4 Å². The maximum Gasteiger partial charge on any atom is 0.253 e. The summed E-state index contributed by atoms with van der Waals surface area (Å²) >= 11 is 0. The molecule has 8 heteroatoms. The molecule has 0 bridgehead atoms. The van der Waals surface area contributed by atoms with E-state index < -0.39 is 10.0 Å². The lowest BCUT2D eigenvalue weighted by Crippen LogP contribution is -2.31. The summed E-state index contributed by atoms with van der Waals surface area (Å²) in [6.07, 6.45) is 3.60. The van der Waals surface area contributed by atoms with Crippen LogP contribution < -0.4 is 0 Å². The monoisotopic (exact) mass is 426 g/mol. The van der Waals surface area contributed by atoms with Crippen LogP contribution in [0.4, 0.5) is 0 Å². The summed E-state index contributed by atoms with van der Waals surface area (Å²) in [6, 6.07) is 15.9. The normalized spacial score (nSPS) is 11.6. The quantitative estimate of drug-likeness (QED) is 0.554. The van der Waals surface area contributed by atoms with Crippen LogP contribution in [-0.2, 0) is 16.6 Å². The molecule has 0 unspecified atom stereocenters. The van der Waals surface area contributed by atoms with E-state index in [0.29, 0.717) is 25.2 Å². The van der Waals surface area contributed by atoms with Crippen LogP contribution in [0.25, 0.3) is 5.69 Å². The molecule has 0 aliphatic rings. The molecule has 0 saturated carbocycles. The average molecular weight is 427 g/mol. The van der Waals surface area contributed by atoms with Gasteiger partial charge in [0.05, 0.1) is 16.8 Å². The van der Waals surface area contributed by atoms with E-state index in [0.717, 1.165) is 11.3 Å². The summed E-state index contributed by atoms with van der Waals surface area (Å²) in [5.74, 6) is -0.251. The van der Waals surface area contributed by atoms with Crippen LogP contribution in [0.15, 0.2) is 71.9 Å². The Morgan fingerprint density at radius 2 is 1.73 bits per heavy atom. The largest absolute Gasteiger partial charge is 0.337 e. The molecular weight excluding hydrogens is 400 g/mol. The molecule has 0 saturated heterocycles. The Morgan fingerprint density at radius 1 is 1.03 bits per heavy atom. The van der Waals surface area contributed by atoms with E-state index >= 15 is 0 Å². The molecule has 1 amide bonds. The Bertz CT molecular complexity index is 1110. The number of hydrogen-bond donors (Lipinski definition) is 0. The molecule has 3 rings (SSSR count). The number of carbonyl (C=O) groups is 1. The number of para-hydroxylation sites is 1. The SMILES string of the molecule is CCN(CC)S(=O)(=O)c1cccc(C(=O)N(C)Cc2cnn(-c3ccccc3)c2)c1. The highest BCUT2D eigenvalue weighted by atomic mass is 32.2. The van der Waals surface area contributed by atoms with Crippen molar-refractivity contribution in [2.24, 2.45) is 0 Å². The van der Waals surface area contributed by atoms with Crippen LogP contribution in [0, 0.1) is 0 Å². The van der Waals surface area contributed by atoms with Gasteiger partial charge >= 0.3 is 0 Å². The van der Waals surface area contributed by atoms with Crippen LogP contribution >= 0.6 is 0 Å². The maximum absolute atomic E-state index is 12.9. The van der Waals surface area contributed by atoms with Crippen molar-refractivity contribution in [3.63, 3.8) is 0 Å². The molecule has 1 heterocycles. The van der Waals surface area contributed by atoms with E-state index in [1.54, 1.807) is 48.8 Å². The first kappa shape index (κ1) is 21.7. The Balaban J connectivity index is 1.76. The van der Waals surface area contributed by atoms with E-state index in [9.17, 15) is 13.2 Å². The molecule has 2 aromatic carbocycles. The lowest BCUT2D eigenvalue weighted by atomic mass is 10.2. The van der Waals surface area contributed by atoms with E-state index in [1.165, 1.54) is 16.4 Å². The van der Waals surface area contributed by atoms with Crippen LogP contribution in [0.1, 0.15) is 29.8 Å². The molecule has 7 nitrogen and oxygen atoms in total. The lowest BCUT2D eigenvalue weighted by Gasteiger charge is -2.20. The Kier molecular flexibility index (Phi) is 6.69. The first-order valence-corrected chi connectivity index (χ1v) is 11.3. The fraction of sp³-hybridized carbons (Fsp3) is 0.273. The molecule has 0 radical (unpaired) electrons. The van der Waals surface area contributed by atoms with Gasteiger partial charge in [0.2, 0.25) is 10.0 Å². The minimum absolute atomic E-state index is 0.127. The van der Waals surface area contributed by atoms with Gasteiger partial charge in [-0.2, -0.15) is 9.40 Å². The highest BCUT2D eigenvalue weighted by Crippen LogP contribution is 2.18. The fourth-order valence-corrected chi connectivity index (χ4v) is 4.74. The first-order chi connectivity index (χ1) is 14.4. The van der Waals surface area contributed by atoms with Crippen molar-refractivity contribution in [3.8, 4) is 5.69 Å². The van der Waals surface area contributed by atoms with Gasteiger partial charge in [-0.25, -0.2) is 13.1 Å². The van der Waals surface area contributed by atoms with E-state index in [1.807, 2.05) is 36.5 Å². The molecule has 158 valence electrons. The van der Waals surface area contributed by atoms with Crippen molar-refractivity contribution in [1.29, 1.82) is 0 Å². The predicted octanol–water partition coefficient (Wildman–Crippen LogP) is 3.18. The van der Waals surface area contributed by atoms with Crippen LogP contribution in [0.3, 0.4) is 0 Å². The van der Waals surface area contributed by atoms with Gasteiger partial charge in [0.25, 0.3) is 5.91 Å². The van der Waals surface area contributed by atoms with Crippen LogP contribution in [0.2, 0.25) is 0 Å². The lowest BCUT2D eigenvalue weighted by molar-refractivity contribution is 0.0785. The molecule has 1 aromatic heterocycles. The number of carbonyl (C=O) groups excluding carboxylic acids is 1. The summed E-state index contributed by atoms with van der Waals surface area (Å²) < 4.78 is 28.6. The highest BCUT2D eigenvalue weighted by molar-refractivity contribution is 7.89. The summed E-state index contributed by atoms with van der Waals surface area (Å²) in [6.45, 7) is 4.70. The van der Waals surface area contributed by atoms with E-state index in [-0.39, 0.29) is 10.8 Å². The average Bonchev–Trinajstić information content (AvgIpc) is 3.23. The third-order valence-electron chi connectivity index (χ3n) is 4.85. The van der Waals surface area contributed by atoms with Crippen molar-refractivity contribution in [2.75, 3.05) is 20.1 Å². The fourth-order valence-electron chi connectivity index (χ4n) is 3.23. The van der Waals surface area contributed by atoms with Gasteiger partial charge < -0.3 is 4.90 Å². The summed E-state index contributed by atoms with van der Waals surface area (Å²) in [7, 11) is -1.93. The third-order valence-corrected chi connectivity index (χ3v) is 6.89. The van der Waals surface area contributed by atoms with Gasteiger partial charge in [-0.3, -0.25) is 4.79 Å². The minimum Gasteiger partial charge on any atom is -0.337 e. The second-order valence-corrected chi connectivity index (χ2v) is 8.85. The van der Waals surface area contributed by atoms with Crippen molar-refractivity contribution in [3.05, 3.63) is 78.1 Å². The van der Waals surface area contributed by atoms with Crippen molar-refractivity contribution in [1.82, 2.24) is 19.0 Å². The number of sulfonamides is 1. The van der Waals surface area contributed by atoms with E-state index in [4.69, 9.17) is 0 Å². The van der Waals surface area contributed by atoms with E-state index in [2.05, 4.69) is 5.10 Å². The second kappa shape index (κ2) is 9.23. The molecule has 0 fully saturated rings. The smallest absolute Gasteiger partial charge is 0.253 e. The zero-order valence-electron chi connectivity index (χ0n) is 17.4. The molecule has 0 spiro atoms. The van der Waals surface area contributed by atoms with Crippen LogP contribution in [0.5, 0.6) is 0 Å². The molecular formula is C22H26N4O3S. The Morgan fingerprint density at radius 3 is 2.40 bits per heavy atom. The molecule has 30 heavy (non-hydrogen) atoms. The number of amides is 1. The maximum atomic E-state index is 12.9. The summed E-state index contributed by atoms with van der Waals surface area (Å²) in [5.41, 5.74) is 2.15. The second-order valence-electron chi connectivity index (χ2n) is 6.91. The number of hydrogen-bond acceptors (Lipinski definition) is 4. The minimum atomic E-state index is -3.62. The molecule has 0 atom stereocenters. The highest BCUT2D eigenvalue weighted by Gasteiger charge is 2.23. The number of aromatic nitrogens is 2. The van der Waals surface area contributed by atoms with Gasteiger partial charge in [0.1, 0.15) is 0 Å². The van der Waals surface area contributed by atoms with Gasteiger partial charge in [-0.1, -0.05) is 38.1 Å². The molecule has 0 N–H and O–H groups in total. The number of rotatable bonds is 8. The van der Waals surface area contributed by atoms with Crippen molar-refractivity contribution in [2.45, 2.75) is 25.3 Å². The number of nitrogens with zero attached hydrogens (tertiary/aromatic N) is 4. The Labute approximate surface area is 177 Å². The summed E-state index contributed by atoms with van der Waals surface area (Å²) in [5, 5.41) is 4.35. The van der Waals surface area contributed by atoms with Gasteiger partial charge in [-0.05, 0) is 30.3 Å². The molecule has 3 aromatic rings. The van der Waals surface area contributed by atoms with Gasteiger partial charge in [0.15, 0.2) is 0 Å². The van der Waals surface area contributed by atoms with Gasteiger partial charge in [-0.15, -0.1) is 0 Å². The Hall–Kier alpha value is -2.97.